The number of ether oxygens (including phenoxy) is 1. The van der Waals surface area contributed by atoms with Crippen LogP contribution in [0, 0.1) is 0 Å². The molecule has 90 valence electrons. The van der Waals surface area contributed by atoms with E-state index in [0.717, 1.165) is 0 Å². The Balaban J connectivity index is 1.77. The summed E-state index contributed by atoms with van der Waals surface area (Å²) in [5.41, 5.74) is -2.23. The minimum absolute atomic E-state index is 0.0649. The van der Waals surface area contributed by atoms with Crippen LogP contribution in [0.25, 0.3) is 0 Å². The first kappa shape index (κ1) is 11.1. The standard InChI is InChI=1S/C10H9NO6/c12-9-10(13)17-11(16-9)15-7-6-14-8-4-2-1-3-5-8/h1-5H,6-7H2. The Hall–Kier alpha value is -2.44. The predicted octanol–water partition coefficient (Wildman–Crippen LogP) is -0.0979. The van der Waals surface area contributed by atoms with Gasteiger partial charge in [-0.15, -0.1) is 0 Å². The smallest absolute Gasteiger partial charge is 0.449 e. The molecule has 0 aliphatic heterocycles. The summed E-state index contributed by atoms with van der Waals surface area (Å²) in [6, 6.07) is 9.11. The Morgan fingerprint density at radius 3 is 2.29 bits per heavy atom. The zero-order valence-electron chi connectivity index (χ0n) is 8.70. The van der Waals surface area contributed by atoms with Gasteiger partial charge in [0.05, 0.1) is 0 Å². The van der Waals surface area contributed by atoms with Crippen LogP contribution in [-0.4, -0.2) is 18.3 Å². The van der Waals surface area contributed by atoms with Crippen molar-refractivity contribution < 1.29 is 18.6 Å². The number of para-hydroxylation sites is 1. The summed E-state index contributed by atoms with van der Waals surface area (Å²) in [6.07, 6.45) is 0. The van der Waals surface area contributed by atoms with Gasteiger partial charge in [-0.05, 0) is 12.1 Å². The highest BCUT2D eigenvalue weighted by molar-refractivity contribution is 5.20. The summed E-state index contributed by atoms with van der Waals surface area (Å²) in [5, 5.41) is 0.360. The Kier molecular flexibility index (Phi) is 3.29. The molecule has 0 N–H and O–H groups in total. The molecule has 7 heteroatoms. The fourth-order valence-corrected chi connectivity index (χ4v) is 1.07. The molecule has 0 aliphatic carbocycles. The van der Waals surface area contributed by atoms with Crippen molar-refractivity contribution >= 4 is 0 Å². The Morgan fingerprint density at radius 2 is 1.65 bits per heavy atom. The third kappa shape index (κ3) is 3.00. The van der Waals surface area contributed by atoms with Crippen LogP contribution in [0.2, 0.25) is 0 Å². The van der Waals surface area contributed by atoms with Crippen molar-refractivity contribution in [2.45, 2.75) is 0 Å². The molecule has 17 heavy (non-hydrogen) atoms. The van der Waals surface area contributed by atoms with Crippen LogP contribution in [0.4, 0.5) is 0 Å². The fourth-order valence-electron chi connectivity index (χ4n) is 1.07. The zero-order valence-corrected chi connectivity index (χ0v) is 8.70. The maximum Gasteiger partial charge on any atom is 0.449 e. The third-order valence-electron chi connectivity index (χ3n) is 1.77. The lowest BCUT2D eigenvalue weighted by Crippen LogP contribution is -2.17. The molecule has 1 aromatic carbocycles. The number of rotatable bonds is 5. The normalized spacial score (nSPS) is 10.1. The minimum Gasteiger partial charge on any atom is -0.490 e. The van der Waals surface area contributed by atoms with E-state index in [2.05, 4.69) is 9.05 Å². The van der Waals surface area contributed by atoms with E-state index in [1.54, 1.807) is 12.1 Å². The van der Waals surface area contributed by atoms with Crippen LogP contribution in [0.1, 0.15) is 0 Å². The topological polar surface area (TPSA) is 83.8 Å². The van der Waals surface area contributed by atoms with E-state index in [0.29, 0.717) is 10.8 Å². The molecule has 7 nitrogen and oxygen atoms in total. The molecule has 0 atom stereocenters. The molecule has 0 saturated heterocycles. The zero-order chi connectivity index (χ0) is 12.1. The van der Waals surface area contributed by atoms with Gasteiger partial charge in [0.2, 0.25) is 0 Å². The average Bonchev–Trinajstić information content (AvgIpc) is 2.66. The summed E-state index contributed by atoms with van der Waals surface area (Å²) in [7, 11) is 0. The van der Waals surface area contributed by atoms with E-state index in [4.69, 9.17) is 9.57 Å². The molecule has 0 fully saturated rings. The molecule has 1 aromatic heterocycles. The van der Waals surface area contributed by atoms with Gasteiger partial charge in [0.1, 0.15) is 17.4 Å². The van der Waals surface area contributed by atoms with Gasteiger partial charge in [-0.1, -0.05) is 18.2 Å². The molecule has 1 heterocycles. The number of aromatic nitrogens is 1. The van der Waals surface area contributed by atoms with Gasteiger partial charge >= 0.3 is 11.3 Å². The SMILES string of the molecule is O=c1on(OCCOc2ccccc2)oc1=O. The van der Waals surface area contributed by atoms with Gasteiger partial charge in [0.25, 0.3) is 0 Å². The van der Waals surface area contributed by atoms with Gasteiger partial charge in [0.15, 0.2) is 6.61 Å². The number of benzene rings is 1. The quantitative estimate of drug-likeness (QED) is 0.535. The molecule has 0 amide bonds. The largest absolute Gasteiger partial charge is 0.490 e. The predicted molar refractivity (Wildman–Crippen MR) is 54.9 cm³/mol. The van der Waals surface area contributed by atoms with Crippen LogP contribution in [-0.2, 0) is 0 Å². The van der Waals surface area contributed by atoms with E-state index < -0.39 is 11.3 Å². The monoisotopic (exact) mass is 239 g/mol. The second kappa shape index (κ2) is 5.06. The summed E-state index contributed by atoms with van der Waals surface area (Å²) < 4.78 is 13.8. The number of hydrogen-bond acceptors (Lipinski definition) is 6. The van der Waals surface area contributed by atoms with Gasteiger partial charge in [-0.25, -0.2) is 9.59 Å². The van der Waals surface area contributed by atoms with E-state index in [1.165, 1.54) is 0 Å². The second-order valence-electron chi connectivity index (χ2n) is 2.98. The van der Waals surface area contributed by atoms with E-state index in [1.807, 2.05) is 18.2 Å². The minimum atomic E-state index is -1.12. The highest BCUT2D eigenvalue weighted by atomic mass is 17.0. The summed E-state index contributed by atoms with van der Waals surface area (Å²) >= 11 is 0. The third-order valence-corrected chi connectivity index (χ3v) is 1.77. The Labute approximate surface area is 94.7 Å². The van der Waals surface area contributed by atoms with Crippen LogP contribution in [0.15, 0.2) is 49.0 Å². The highest BCUT2D eigenvalue weighted by Gasteiger charge is 2.04. The van der Waals surface area contributed by atoms with E-state index in [9.17, 15) is 9.59 Å². The van der Waals surface area contributed by atoms with Gasteiger partial charge < -0.3 is 9.57 Å². The van der Waals surface area contributed by atoms with Crippen molar-refractivity contribution in [3.8, 4) is 5.75 Å². The van der Waals surface area contributed by atoms with Gasteiger partial charge in [-0.2, -0.15) is 0 Å². The molecule has 0 saturated carbocycles. The maximum absolute atomic E-state index is 10.6. The van der Waals surface area contributed by atoms with Crippen molar-refractivity contribution in [3.05, 3.63) is 51.2 Å². The number of hydrogen-bond donors (Lipinski definition) is 0. The number of nitrogens with zero attached hydrogens (tertiary/aromatic N) is 1. The average molecular weight is 239 g/mol. The molecule has 0 bridgehead atoms. The molecular formula is C10H9NO6. The van der Waals surface area contributed by atoms with Crippen LogP contribution >= 0.6 is 0 Å². The molecule has 0 aliphatic rings. The second-order valence-corrected chi connectivity index (χ2v) is 2.98. The van der Waals surface area contributed by atoms with E-state index in [-0.39, 0.29) is 13.2 Å². The van der Waals surface area contributed by atoms with E-state index >= 15 is 0 Å². The lowest BCUT2D eigenvalue weighted by Gasteiger charge is -2.04. The lowest BCUT2D eigenvalue weighted by molar-refractivity contribution is -0.149. The first-order chi connectivity index (χ1) is 8.25. The Morgan fingerprint density at radius 1 is 1.00 bits per heavy atom. The molecule has 2 rings (SSSR count). The van der Waals surface area contributed by atoms with Gasteiger partial charge in [-0.3, -0.25) is 9.05 Å². The van der Waals surface area contributed by atoms with Crippen LogP contribution in [0.3, 0.4) is 0 Å². The molecule has 0 unspecified atom stereocenters. The molecule has 0 radical (unpaired) electrons. The summed E-state index contributed by atoms with van der Waals surface area (Å²) in [6.45, 7) is 0.283. The first-order valence-electron chi connectivity index (χ1n) is 4.81. The lowest BCUT2D eigenvalue weighted by atomic mass is 10.3. The summed E-state index contributed by atoms with van der Waals surface area (Å²) in [5.74, 6) is 0.687. The van der Waals surface area contributed by atoms with Gasteiger partial charge in [0, 0.05) is 0 Å². The van der Waals surface area contributed by atoms with Crippen molar-refractivity contribution in [2.75, 3.05) is 13.2 Å². The summed E-state index contributed by atoms with van der Waals surface area (Å²) in [4.78, 5) is 26.0. The van der Waals surface area contributed by atoms with Crippen molar-refractivity contribution in [2.24, 2.45) is 0 Å². The van der Waals surface area contributed by atoms with Crippen molar-refractivity contribution in [1.29, 1.82) is 0 Å². The van der Waals surface area contributed by atoms with Crippen LogP contribution < -0.4 is 20.8 Å². The first-order valence-corrected chi connectivity index (χ1v) is 4.81. The Bertz CT molecular complexity index is 539. The highest BCUT2D eigenvalue weighted by Crippen LogP contribution is 2.07. The molecule has 2 aromatic rings. The fraction of sp³-hybridized carbons (Fsp3) is 0.200. The maximum atomic E-state index is 10.6. The van der Waals surface area contributed by atoms with Crippen LogP contribution in [0.5, 0.6) is 5.75 Å². The van der Waals surface area contributed by atoms with Crippen molar-refractivity contribution in [1.82, 2.24) is 5.08 Å². The molecular weight excluding hydrogens is 230 g/mol. The van der Waals surface area contributed by atoms with Crippen molar-refractivity contribution in [3.63, 3.8) is 0 Å². The molecule has 0 spiro atoms.